The summed E-state index contributed by atoms with van der Waals surface area (Å²) < 4.78 is 26.2. The lowest BCUT2D eigenvalue weighted by Gasteiger charge is -2.39. The topological polar surface area (TPSA) is 58.2 Å². The minimum Gasteiger partial charge on any atom is -0.317 e. The minimum absolute atomic E-state index is 0.180. The highest BCUT2D eigenvalue weighted by atomic mass is 32.2. The zero-order valence-corrected chi connectivity index (χ0v) is 10.8. The van der Waals surface area contributed by atoms with Crippen LogP contribution in [-0.4, -0.2) is 33.3 Å². The van der Waals surface area contributed by atoms with Crippen LogP contribution in [0.2, 0.25) is 0 Å². The standard InChI is InChI=1S/C11H22N2O2S/c1-2-16(14,15)13-10-4-3-5-11(10)6-8-12-9-7-11/h10,12-13H,2-9H2,1H3. The highest BCUT2D eigenvalue weighted by molar-refractivity contribution is 7.89. The summed E-state index contributed by atoms with van der Waals surface area (Å²) in [7, 11) is -3.05. The van der Waals surface area contributed by atoms with Crippen molar-refractivity contribution < 1.29 is 8.42 Å². The molecular weight excluding hydrogens is 224 g/mol. The Kier molecular flexibility index (Phi) is 3.56. The van der Waals surface area contributed by atoms with Crippen molar-refractivity contribution in [2.45, 2.75) is 45.1 Å². The molecule has 5 heteroatoms. The molecule has 0 radical (unpaired) electrons. The van der Waals surface area contributed by atoms with E-state index >= 15 is 0 Å². The molecule has 2 N–H and O–H groups in total. The Morgan fingerprint density at radius 3 is 2.62 bits per heavy atom. The molecule has 1 aliphatic carbocycles. The van der Waals surface area contributed by atoms with Crippen LogP contribution < -0.4 is 10.0 Å². The smallest absolute Gasteiger partial charge is 0.211 e. The van der Waals surface area contributed by atoms with E-state index in [2.05, 4.69) is 10.0 Å². The van der Waals surface area contributed by atoms with Gasteiger partial charge in [0, 0.05) is 6.04 Å². The zero-order chi connectivity index (χ0) is 11.6. The third-order valence-electron chi connectivity index (χ3n) is 4.21. The first-order valence-corrected chi connectivity index (χ1v) is 7.94. The number of piperidine rings is 1. The SMILES string of the molecule is CCS(=O)(=O)NC1CCCC12CCNCC2. The Bertz CT molecular complexity index is 334. The van der Waals surface area contributed by atoms with Gasteiger partial charge < -0.3 is 5.32 Å². The number of nitrogens with one attached hydrogen (secondary N) is 2. The van der Waals surface area contributed by atoms with Crippen LogP contribution in [0.4, 0.5) is 0 Å². The van der Waals surface area contributed by atoms with Crippen LogP contribution in [0.3, 0.4) is 0 Å². The van der Waals surface area contributed by atoms with E-state index in [1.807, 2.05) is 0 Å². The van der Waals surface area contributed by atoms with Gasteiger partial charge in [0.1, 0.15) is 0 Å². The molecule has 2 rings (SSSR count). The van der Waals surface area contributed by atoms with Gasteiger partial charge in [-0.1, -0.05) is 6.42 Å². The predicted molar refractivity (Wildman–Crippen MR) is 64.8 cm³/mol. The average molecular weight is 246 g/mol. The fourth-order valence-electron chi connectivity index (χ4n) is 3.15. The first-order valence-electron chi connectivity index (χ1n) is 6.29. The van der Waals surface area contributed by atoms with Gasteiger partial charge in [-0.3, -0.25) is 0 Å². The first-order chi connectivity index (χ1) is 7.58. The summed E-state index contributed by atoms with van der Waals surface area (Å²) in [5.41, 5.74) is 0.244. The monoisotopic (exact) mass is 246 g/mol. The van der Waals surface area contributed by atoms with Crippen molar-refractivity contribution in [1.29, 1.82) is 0 Å². The van der Waals surface area contributed by atoms with Crippen molar-refractivity contribution >= 4 is 10.0 Å². The Morgan fingerprint density at radius 1 is 1.31 bits per heavy atom. The number of rotatable bonds is 3. The molecule has 1 saturated carbocycles. The van der Waals surface area contributed by atoms with Gasteiger partial charge in [0.2, 0.25) is 10.0 Å². The largest absolute Gasteiger partial charge is 0.317 e. The van der Waals surface area contributed by atoms with E-state index in [9.17, 15) is 8.42 Å². The van der Waals surface area contributed by atoms with E-state index in [0.29, 0.717) is 0 Å². The van der Waals surface area contributed by atoms with Gasteiger partial charge in [-0.2, -0.15) is 0 Å². The van der Waals surface area contributed by atoms with Gasteiger partial charge in [0.05, 0.1) is 5.75 Å². The van der Waals surface area contributed by atoms with E-state index in [1.54, 1.807) is 6.92 Å². The molecule has 0 amide bonds. The molecule has 1 aliphatic heterocycles. The van der Waals surface area contributed by atoms with Crippen LogP contribution in [0.25, 0.3) is 0 Å². The summed E-state index contributed by atoms with van der Waals surface area (Å²) in [6, 6.07) is 0.180. The molecule has 0 bridgehead atoms. The Balaban J connectivity index is 2.08. The molecule has 1 saturated heterocycles. The van der Waals surface area contributed by atoms with E-state index in [4.69, 9.17) is 0 Å². The van der Waals surface area contributed by atoms with Crippen molar-refractivity contribution in [3.05, 3.63) is 0 Å². The molecule has 1 heterocycles. The third-order valence-corrected chi connectivity index (χ3v) is 5.61. The van der Waals surface area contributed by atoms with Crippen molar-refractivity contribution in [3.63, 3.8) is 0 Å². The van der Waals surface area contributed by atoms with E-state index in [-0.39, 0.29) is 17.2 Å². The molecule has 16 heavy (non-hydrogen) atoms. The number of sulfonamides is 1. The molecule has 1 spiro atoms. The lowest BCUT2D eigenvalue weighted by atomic mass is 9.75. The highest BCUT2D eigenvalue weighted by Gasteiger charge is 2.44. The maximum Gasteiger partial charge on any atom is 0.211 e. The van der Waals surface area contributed by atoms with E-state index in [1.165, 1.54) is 6.42 Å². The predicted octanol–water partition coefficient (Wildman–Crippen LogP) is 0.848. The zero-order valence-electron chi connectivity index (χ0n) is 9.96. The summed E-state index contributed by atoms with van der Waals surface area (Å²) in [5, 5.41) is 3.36. The van der Waals surface area contributed by atoms with Crippen LogP contribution in [0.15, 0.2) is 0 Å². The lowest BCUT2D eigenvalue weighted by Crippen LogP contribution is -2.49. The second-order valence-electron chi connectivity index (χ2n) is 5.08. The first kappa shape index (κ1) is 12.3. The van der Waals surface area contributed by atoms with Crippen LogP contribution in [0.1, 0.15) is 39.0 Å². The molecule has 0 aromatic carbocycles. The van der Waals surface area contributed by atoms with Crippen molar-refractivity contribution in [2.75, 3.05) is 18.8 Å². The molecule has 2 aliphatic rings. The van der Waals surface area contributed by atoms with Gasteiger partial charge in [0.25, 0.3) is 0 Å². The normalized spacial score (nSPS) is 29.7. The maximum atomic E-state index is 11.7. The van der Waals surface area contributed by atoms with Crippen LogP contribution in [-0.2, 0) is 10.0 Å². The summed E-state index contributed by atoms with van der Waals surface area (Å²) in [6.45, 7) is 3.76. The van der Waals surface area contributed by atoms with Crippen molar-refractivity contribution in [3.8, 4) is 0 Å². The van der Waals surface area contributed by atoms with Gasteiger partial charge in [-0.15, -0.1) is 0 Å². The molecular formula is C11H22N2O2S. The molecule has 1 unspecified atom stereocenters. The molecule has 4 nitrogen and oxygen atoms in total. The van der Waals surface area contributed by atoms with Crippen molar-refractivity contribution in [2.24, 2.45) is 5.41 Å². The summed E-state index contributed by atoms with van der Waals surface area (Å²) in [4.78, 5) is 0. The molecule has 1 atom stereocenters. The van der Waals surface area contributed by atoms with Gasteiger partial charge >= 0.3 is 0 Å². The quantitative estimate of drug-likeness (QED) is 0.776. The molecule has 0 aromatic heterocycles. The van der Waals surface area contributed by atoms with Crippen LogP contribution >= 0.6 is 0 Å². The number of hydrogen-bond acceptors (Lipinski definition) is 3. The molecule has 0 aromatic rings. The average Bonchev–Trinajstić information content (AvgIpc) is 2.62. The fraction of sp³-hybridized carbons (Fsp3) is 1.00. The van der Waals surface area contributed by atoms with Gasteiger partial charge in [-0.05, 0) is 51.1 Å². The second-order valence-corrected chi connectivity index (χ2v) is 7.12. The van der Waals surface area contributed by atoms with Crippen LogP contribution in [0, 0.1) is 5.41 Å². The van der Waals surface area contributed by atoms with Crippen molar-refractivity contribution in [1.82, 2.24) is 10.0 Å². The summed E-state index contributed by atoms with van der Waals surface area (Å²) in [6.07, 6.45) is 5.59. The molecule has 2 fully saturated rings. The minimum atomic E-state index is -3.05. The summed E-state index contributed by atoms with van der Waals surface area (Å²) in [5.74, 6) is 0.192. The Morgan fingerprint density at radius 2 is 2.00 bits per heavy atom. The lowest BCUT2D eigenvalue weighted by molar-refractivity contribution is 0.174. The van der Waals surface area contributed by atoms with Gasteiger partial charge in [-0.25, -0.2) is 13.1 Å². The highest BCUT2D eigenvalue weighted by Crippen LogP contribution is 2.45. The van der Waals surface area contributed by atoms with Crippen LogP contribution in [0.5, 0.6) is 0 Å². The number of hydrogen-bond donors (Lipinski definition) is 2. The van der Waals surface area contributed by atoms with Gasteiger partial charge in [0.15, 0.2) is 0 Å². The fourth-order valence-corrected chi connectivity index (χ4v) is 4.11. The molecule has 94 valence electrons. The van der Waals surface area contributed by atoms with E-state index < -0.39 is 10.0 Å². The Labute approximate surface area is 98.2 Å². The second kappa shape index (κ2) is 4.63. The Hall–Kier alpha value is -0.130. The maximum absolute atomic E-state index is 11.7. The third kappa shape index (κ3) is 2.41. The van der Waals surface area contributed by atoms with E-state index in [0.717, 1.165) is 38.8 Å². The summed E-state index contributed by atoms with van der Waals surface area (Å²) >= 11 is 0.